The van der Waals surface area contributed by atoms with E-state index in [-0.39, 0.29) is 17.1 Å². The van der Waals surface area contributed by atoms with Crippen molar-refractivity contribution in [1.29, 1.82) is 0 Å². The Hall–Kier alpha value is -2.44. The first kappa shape index (κ1) is 20.9. The summed E-state index contributed by atoms with van der Waals surface area (Å²) in [7, 11) is -0.409. The maximum Gasteiger partial charge on any atom is 0.278 e. The topological polar surface area (TPSA) is 37.3 Å². The van der Waals surface area contributed by atoms with Crippen molar-refractivity contribution >= 4 is 29.8 Å². The van der Waals surface area contributed by atoms with Crippen LogP contribution in [0.4, 0.5) is 0 Å². The standard InChI is InChI=1S/C17H14P.C6H5O2.Fe/c1-3-9-15(10-4-1)18(17-13-7-8-14-17)16-11-5-2-6-12-16;7-6(8)5-3-1-2-4-5;/h1-14H;1-4H,(H,7,8);/q2*-1;. The Morgan fingerprint density at radius 2 is 1.07 bits per heavy atom. The van der Waals surface area contributed by atoms with Crippen molar-refractivity contribution in [3.05, 3.63) is 115 Å². The monoisotopic (exact) mass is 414 g/mol. The molecule has 0 fully saturated rings. The van der Waals surface area contributed by atoms with Crippen molar-refractivity contribution in [3.8, 4) is 0 Å². The molecule has 0 bridgehead atoms. The quantitative estimate of drug-likeness (QED) is 0.308. The first-order valence-electron chi connectivity index (χ1n) is 8.32. The van der Waals surface area contributed by atoms with Gasteiger partial charge in [0.25, 0.3) is 5.97 Å². The van der Waals surface area contributed by atoms with Crippen LogP contribution in [0.25, 0.3) is 0 Å². The predicted molar refractivity (Wildman–Crippen MR) is 110 cm³/mol. The van der Waals surface area contributed by atoms with E-state index in [0.29, 0.717) is 5.56 Å². The summed E-state index contributed by atoms with van der Waals surface area (Å²) in [6.45, 7) is 0. The second kappa shape index (κ2) is 10.6. The molecule has 0 aromatic heterocycles. The molecule has 27 heavy (non-hydrogen) atoms. The molecule has 2 nitrogen and oxygen atoms in total. The van der Waals surface area contributed by atoms with Crippen LogP contribution in [0.1, 0.15) is 10.4 Å². The van der Waals surface area contributed by atoms with Gasteiger partial charge in [-0.2, -0.15) is 24.3 Å². The number of hydrogen-bond donors (Lipinski definition) is 1. The van der Waals surface area contributed by atoms with Crippen LogP contribution in [-0.2, 0) is 17.1 Å². The van der Waals surface area contributed by atoms with Gasteiger partial charge in [-0.25, -0.2) is 24.3 Å². The van der Waals surface area contributed by atoms with Gasteiger partial charge < -0.3 is 5.11 Å². The normalized spacial score (nSPS) is 9.81. The third-order valence-corrected chi connectivity index (χ3v) is 6.29. The van der Waals surface area contributed by atoms with Crippen LogP contribution in [0, 0.1) is 0 Å². The van der Waals surface area contributed by atoms with Crippen LogP contribution < -0.4 is 15.9 Å². The third kappa shape index (κ3) is 5.77. The van der Waals surface area contributed by atoms with Gasteiger partial charge in [-0.3, -0.25) is 4.79 Å². The van der Waals surface area contributed by atoms with Gasteiger partial charge in [0, 0.05) is 17.1 Å². The Bertz CT molecular complexity index is 862. The molecule has 4 heteroatoms. The number of hydrogen-bond acceptors (Lipinski definition) is 1. The van der Waals surface area contributed by atoms with Gasteiger partial charge in [0.1, 0.15) is 0 Å². The Labute approximate surface area is 171 Å². The minimum absolute atomic E-state index is 0. The number of carboxylic acid groups (broad SMARTS) is 1. The zero-order valence-corrected chi connectivity index (χ0v) is 16.5. The Kier molecular flexibility index (Phi) is 8.23. The Balaban J connectivity index is 0.000000247. The minimum atomic E-state index is -0.866. The molecule has 0 unspecified atom stereocenters. The average molecular weight is 414 g/mol. The molecule has 0 aliphatic carbocycles. The van der Waals surface area contributed by atoms with E-state index in [1.54, 1.807) is 24.3 Å². The van der Waals surface area contributed by atoms with Crippen LogP contribution in [-0.4, -0.2) is 11.1 Å². The fourth-order valence-corrected chi connectivity index (χ4v) is 4.94. The van der Waals surface area contributed by atoms with Crippen LogP contribution in [0.3, 0.4) is 0 Å². The number of carbonyl (C=O) groups is 1. The molecular weight excluding hydrogens is 395 g/mol. The van der Waals surface area contributed by atoms with Crippen LogP contribution in [0.5, 0.6) is 0 Å². The second-order valence-electron chi connectivity index (χ2n) is 5.63. The molecule has 4 aromatic rings. The largest absolute Gasteiger partial charge is 0.487 e. The van der Waals surface area contributed by atoms with Gasteiger partial charge >= 0.3 is 0 Å². The molecule has 4 rings (SSSR count). The fraction of sp³-hybridized carbons (Fsp3) is 0. The first-order valence-corrected chi connectivity index (χ1v) is 9.67. The van der Waals surface area contributed by atoms with E-state index < -0.39 is 13.9 Å². The molecule has 1 N–H and O–H groups in total. The summed E-state index contributed by atoms with van der Waals surface area (Å²) in [5, 5.41) is 12.5. The Morgan fingerprint density at radius 1 is 0.667 bits per heavy atom. The zero-order chi connectivity index (χ0) is 18.2. The second-order valence-corrected chi connectivity index (χ2v) is 7.85. The van der Waals surface area contributed by atoms with Crippen molar-refractivity contribution in [2.45, 2.75) is 0 Å². The summed E-state index contributed by atoms with van der Waals surface area (Å²) >= 11 is 0. The van der Waals surface area contributed by atoms with Gasteiger partial charge in [-0.05, 0) is 10.6 Å². The molecule has 0 spiro atoms. The van der Waals surface area contributed by atoms with E-state index in [9.17, 15) is 4.79 Å². The van der Waals surface area contributed by atoms with Crippen molar-refractivity contribution in [3.63, 3.8) is 0 Å². The van der Waals surface area contributed by atoms with Crippen LogP contribution in [0.15, 0.2) is 109 Å². The molecule has 0 aliphatic rings. The van der Waals surface area contributed by atoms with Gasteiger partial charge in [-0.15, -0.1) is 5.30 Å². The predicted octanol–water partition coefficient (Wildman–Crippen LogP) is 4.26. The third-order valence-electron chi connectivity index (χ3n) is 3.84. The zero-order valence-electron chi connectivity index (χ0n) is 14.5. The van der Waals surface area contributed by atoms with Gasteiger partial charge in [0.15, 0.2) is 0 Å². The summed E-state index contributed by atoms with van der Waals surface area (Å²) in [6.07, 6.45) is 0. The van der Waals surface area contributed by atoms with E-state index in [0.717, 1.165) is 0 Å². The van der Waals surface area contributed by atoms with Crippen molar-refractivity contribution in [2.24, 2.45) is 0 Å². The minimum Gasteiger partial charge on any atom is -0.487 e. The SMILES string of the molecule is O=C(O)[c-]1cccc1.[Fe].c1ccc(P(c2ccccc2)[c-]2cccc2)cc1. The molecule has 0 amide bonds. The van der Waals surface area contributed by atoms with E-state index in [4.69, 9.17) is 5.11 Å². The summed E-state index contributed by atoms with van der Waals surface area (Å²) in [5.74, 6) is -0.866. The maximum atomic E-state index is 10.1. The molecule has 0 radical (unpaired) electrons. The molecule has 0 aliphatic heterocycles. The van der Waals surface area contributed by atoms with E-state index in [1.807, 2.05) is 0 Å². The van der Waals surface area contributed by atoms with E-state index in [1.165, 1.54) is 15.9 Å². The van der Waals surface area contributed by atoms with Crippen molar-refractivity contribution < 1.29 is 27.0 Å². The van der Waals surface area contributed by atoms with Crippen molar-refractivity contribution in [1.82, 2.24) is 0 Å². The molecule has 0 atom stereocenters. The van der Waals surface area contributed by atoms with Gasteiger partial charge in [0.2, 0.25) is 0 Å². The van der Waals surface area contributed by atoms with Crippen molar-refractivity contribution in [2.75, 3.05) is 0 Å². The maximum absolute atomic E-state index is 10.1. The summed E-state index contributed by atoms with van der Waals surface area (Å²) in [5.41, 5.74) is 0.352. The summed E-state index contributed by atoms with van der Waals surface area (Å²) < 4.78 is 0. The van der Waals surface area contributed by atoms with Gasteiger partial charge in [-0.1, -0.05) is 74.1 Å². The molecule has 0 saturated heterocycles. The summed E-state index contributed by atoms with van der Waals surface area (Å²) in [6, 6.07) is 36.8. The Morgan fingerprint density at radius 3 is 1.44 bits per heavy atom. The average Bonchev–Trinajstić information content (AvgIpc) is 3.39. The number of carboxylic acids is 1. The first-order chi connectivity index (χ1) is 12.8. The van der Waals surface area contributed by atoms with E-state index >= 15 is 0 Å². The van der Waals surface area contributed by atoms with E-state index in [2.05, 4.69) is 84.9 Å². The summed E-state index contributed by atoms with van der Waals surface area (Å²) in [4.78, 5) is 10.1. The molecule has 0 heterocycles. The molecule has 138 valence electrons. The van der Waals surface area contributed by atoms with Crippen LogP contribution >= 0.6 is 7.92 Å². The number of aromatic carboxylic acids is 1. The number of rotatable bonds is 4. The molecule has 0 saturated carbocycles. The molecular formula is C23H19FeO2P-2. The number of benzene rings is 2. The molecule has 4 aromatic carbocycles. The van der Waals surface area contributed by atoms with Crippen LogP contribution in [0.2, 0.25) is 0 Å². The smallest absolute Gasteiger partial charge is 0.278 e. The van der Waals surface area contributed by atoms with Gasteiger partial charge in [0.05, 0.1) is 0 Å². The fourth-order valence-electron chi connectivity index (χ4n) is 2.63.